The molecular weight excluding hydrogens is 242 g/mol. The minimum Gasteiger partial charge on any atom is -0.398 e. The average Bonchev–Trinajstić information content (AvgIpc) is 2.35. The second-order valence-electron chi connectivity index (χ2n) is 4.55. The monoisotopic (exact) mass is 257 g/mol. The van der Waals surface area contributed by atoms with Gasteiger partial charge in [-0.3, -0.25) is 10.1 Å². The van der Waals surface area contributed by atoms with Crippen molar-refractivity contribution in [1.82, 2.24) is 0 Å². The van der Waals surface area contributed by atoms with E-state index in [0.717, 1.165) is 22.4 Å². The van der Waals surface area contributed by atoms with Crippen LogP contribution < -0.4 is 11.5 Å². The van der Waals surface area contributed by atoms with Crippen molar-refractivity contribution in [2.24, 2.45) is 0 Å². The van der Waals surface area contributed by atoms with Crippen molar-refractivity contribution < 1.29 is 4.92 Å². The molecular formula is C14H15N3O2. The molecule has 2 rings (SSSR count). The summed E-state index contributed by atoms with van der Waals surface area (Å²) in [5.41, 5.74) is 16.4. The molecule has 0 heterocycles. The van der Waals surface area contributed by atoms with Crippen molar-refractivity contribution in [2.45, 2.75) is 13.8 Å². The summed E-state index contributed by atoms with van der Waals surface area (Å²) in [7, 11) is 0. The lowest BCUT2D eigenvalue weighted by molar-refractivity contribution is -0.384. The van der Waals surface area contributed by atoms with E-state index in [4.69, 9.17) is 11.5 Å². The van der Waals surface area contributed by atoms with E-state index in [1.807, 2.05) is 26.0 Å². The lowest BCUT2D eigenvalue weighted by Crippen LogP contribution is -1.97. The van der Waals surface area contributed by atoms with Crippen LogP contribution in [0.4, 0.5) is 17.1 Å². The average molecular weight is 257 g/mol. The summed E-state index contributed by atoms with van der Waals surface area (Å²) < 4.78 is 0. The number of nitrogens with zero attached hydrogens (tertiary/aromatic N) is 1. The highest BCUT2D eigenvalue weighted by Gasteiger charge is 2.12. The van der Waals surface area contributed by atoms with Gasteiger partial charge in [0.2, 0.25) is 0 Å². The van der Waals surface area contributed by atoms with E-state index in [-0.39, 0.29) is 5.69 Å². The SMILES string of the molecule is Cc1cc(-c2cc([N+](=O)[O-])ccc2N)cc(C)c1N. The number of nitro benzene ring substituents is 1. The van der Waals surface area contributed by atoms with Crippen LogP contribution in [0.15, 0.2) is 30.3 Å². The number of non-ortho nitro benzene ring substituents is 1. The van der Waals surface area contributed by atoms with E-state index in [0.29, 0.717) is 11.3 Å². The third-order valence-corrected chi connectivity index (χ3v) is 3.15. The number of hydrogen-bond donors (Lipinski definition) is 2. The summed E-state index contributed by atoms with van der Waals surface area (Å²) in [6, 6.07) is 8.21. The molecule has 0 saturated heterocycles. The van der Waals surface area contributed by atoms with Gasteiger partial charge in [0.1, 0.15) is 0 Å². The van der Waals surface area contributed by atoms with Crippen molar-refractivity contribution in [2.75, 3.05) is 11.5 Å². The Balaban J connectivity index is 2.64. The number of benzene rings is 2. The van der Waals surface area contributed by atoms with Crippen LogP contribution in [0.1, 0.15) is 11.1 Å². The predicted molar refractivity (Wildman–Crippen MR) is 76.8 cm³/mol. The van der Waals surface area contributed by atoms with Gasteiger partial charge in [0.05, 0.1) is 4.92 Å². The minimum absolute atomic E-state index is 0.0244. The minimum atomic E-state index is -0.431. The molecule has 4 N–H and O–H groups in total. The highest BCUT2D eigenvalue weighted by Crippen LogP contribution is 2.32. The van der Waals surface area contributed by atoms with Gasteiger partial charge in [-0.25, -0.2) is 0 Å². The lowest BCUT2D eigenvalue weighted by atomic mass is 9.97. The zero-order valence-corrected chi connectivity index (χ0v) is 10.8. The Morgan fingerprint density at radius 2 is 1.63 bits per heavy atom. The fourth-order valence-electron chi connectivity index (χ4n) is 2.04. The molecule has 0 radical (unpaired) electrons. The first kappa shape index (κ1) is 12.9. The van der Waals surface area contributed by atoms with Crippen molar-refractivity contribution in [3.8, 4) is 11.1 Å². The van der Waals surface area contributed by atoms with Crippen molar-refractivity contribution in [3.63, 3.8) is 0 Å². The zero-order chi connectivity index (χ0) is 14.2. The predicted octanol–water partition coefficient (Wildman–Crippen LogP) is 3.04. The quantitative estimate of drug-likeness (QED) is 0.491. The molecule has 2 aromatic rings. The summed E-state index contributed by atoms with van der Waals surface area (Å²) in [4.78, 5) is 10.4. The molecule has 0 amide bonds. The van der Waals surface area contributed by atoms with E-state index in [1.54, 1.807) is 6.07 Å². The maximum atomic E-state index is 10.8. The standard InChI is InChI=1S/C14H15N3O2/c1-8-5-10(6-9(2)14(8)16)12-7-11(17(18)19)3-4-13(12)15/h3-7H,15-16H2,1-2H3. The Morgan fingerprint density at radius 3 is 2.16 bits per heavy atom. The smallest absolute Gasteiger partial charge is 0.270 e. The number of nitrogen functional groups attached to an aromatic ring is 2. The van der Waals surface area contributed by atoms with Gasteiger partial charge in [0, 0.05) is 29.1 Å². The number of rotatable bonds is 2. The summed E-state index contributed by atoms with van der Waals surface area (Å²) in [5, 5.41) is 10.8. The molecule has 5 nitrogen and oxygen atoms in total. The van der Waals surface area contributed by atoms with E-state index in [9.17, 15) is 10.1 Å². The highest BCUT2D eigenvalue weighted by atomic mass is 16.6. The molecule has 0 aliphatic heterocycles. The molecule has 0 aliphatic carbocycles. The Bertz CT molecular complexity index is 643. The van der Waals surface area contributed by atoms with Crippen molar-refractivity contribution in [3.05, 3.63) is 51.6 Å². The molecule has 0 bridgehead atoms. The largest absolute Gasteiger partial charge is 0.398 e. The van der Waals surface area contributed by atoms with Crippen molar-refractivity contribution >= 4 is 17.1 Å². The summed E-state index contributed by atoms with van der Waals surface area (Å²) in [6.45, 7) is 3.80. The van der Waals surface area contributed by atoms with Gasteiger partial charge in [0.15, 0.2) is 0 Å². The van der Waals surface area contributed by atoms with Gasteiger partial charge < -0.3 is 11.5 Å². The molecule has 2 aromatic carbocycles. The van der Waals surface area contributed by atoms with Gasteiger partial charge in [0.25, 0.3) is 5.69 Å². The van der Waals surface area contributed by atoms with Crippen LogP contribution in [0.2, 0.25) is 0 Å². The first-order valence-electron chi connectivity index (χ1n) is 5.81. The molecule has 98 valence electrons. The van der Waals surface area contributed by atoms with Crippen LogP contribution >= 0.6 is 0 Å². The van der Waals surface area contributed by atoms with E-state index < -0.39 is 4.92 Å². The van der Waals surface area contributed by atoms with Gasteiger partial charge in [-0.15, -0.1) is 0 Å². The van der Waals surface area contributed by atoms with Gasteiger partial charge in [-0.1, -0.05) is 0 Å². The van der Waals surface area contributed by atoms with Gasteiger partial charge in [-0.05, 0) is 48.7 Å². The van der Waals surface area contributed by atoms with Crippen molar-refractivity contribution in [1.29, 1.82) is 0 Å². The summed E-state index contributed by atoms with van der Waals surface area (Å²) in [6.07, 6.45) is 0. The Labute approximate surface area is 111 Å². The third kappa shape index (κ3) is 2.35. The molecule has 5 heteroatoms. The Kier molecular flexibility index (Phi) is 3.12. The molecule has 0 saturated carbocycles. The van der Waals surface area contributed by atoms with Gasteiger partial charge in [-0.2, -0.15) is 0 Å². The van der Waals surface area contributed by atoms with E-state index >= 15 is 0 Å². The van der Waals surface area contributed by atoms with Crippen LogP contribution in [-0.4, -0.2) is 4.92 Å². The molecule has 19 heavy (non-hydrogen) atoms. The second-order valence-corrected chi connectivity index (χ2v) is 4.55. The number of nitro groups is 1. The Hall–Kier alpha value is -2.56. The highest BCUT2D eigenvalue weighted by molar-refractivity contribution is 5.80. The van der Waals surface area contributed by atoms with Crippen LogP contribution in [0.5, 0.6) is 0 Å². The summed E-state index contributed by atoms with van der Waals surface area (Å²) >= 11 is 0. The van der Waals surface area contributed by atoms with E-state index in [1.165, 1.54) is 12.1 Å². The second kappa shape index (κ2) is 4.61. The normalized spacial score (nSPS) is 10.4. The fourth-order valence-corrected chi connectivity index (χ4v) is 2.04. The number of anilines is 2. The van der Waals surface area contributed by atoms with Crippen LogP contribution in [-0.2, 0) is 0 Å². The first-order valence-corrected chi connectivity index (χ1v) is 5.81. The van der Waals surface area contributed by atoms with Gasteiger partial charge >= 0.3 is 0 Å². The maximum Gasteiger partial charge on any atom is 0.270 e. The number of nitrogens with two attached hydrogens (primary N) is 2. The lowest BCUT2D eigenvalue weighted by Gasteiger charge is -2.11. The Morgan fingerprint density at radius 1 is 1.05 bits per heavy atom. The molecule has 0 unspecified atom stereocenters. The molecule has 0 aliphatic rings. The molecule has 0 atom stereocenters. The number of hydrogen-bond acceptors (Lipinski definition) is 4. The fraction of sp³-hybridized carbons (Fsp3) is 0.143. The molecule has 0 spiro atoms. The zero-order valence-electron chi connectivity index (χ0n) is 10.8. The topological polar surface area (TPSA) is 95.2 Å². The maximum absolute atomic E-state index is 10.8. The molecule has 0 fully saturated rings. The first-order chi connectivity index (χ1) is 8.90. The third-order valence-electron chi connectivity index (χ3n) is 3.15. The van der Waals surface area contributed by atoms with E-state index in [2.05, 4.69) is 0 Å². The molecule has 0 aromatic heterocycles. The summed E-state index contributed by atoms with van der Waals surface area (Å²) in [5.74, 6) is 0. The van der Waals surface area contributed by atoms with Crippen LogP contribution in [0.25, 0.3) is 11.1 Å². The van der Waals surface area contributed by atoms with Crippen LogP contribution in [0.3, 0.4) is 0 Å². The van der Waals surface area contributed by atoms with Crippen LogP contribution in [0, 0.1) is 24.0 Å². The number of aryl methyl sites for hydroxylation is 2.